The Kier molecular flexibility index (Phi) is 6.47. The first kappa shape index (κ1) is 15.1. The maximum atomic E-state index is 5.27. The second-order valence-electron chi connectivity index (χ2n) is 3.86. The van der Waals surface area contributed by atoms with Gasteiger partial charge in [-0.15, -0.1) is 36.3 Å². The minimum atomic E-state index is 0. The Morgan fingerprint density at radius 2 is 1.47 bits per heavy atom. The number of rotatable bonds is 1. The van der Waals surface area contributed by atoms with Gasteiger partial charge in [0.05, 0.1) is 0 Å². The summed E-state index contributed by atoms with van der Waals surface area (Å²) in [6, 6.07) is 26.3. The third-order valence-corrected chi connectivity index (χ3v) is 2.60. The van der Waals surface area contributed by atoms with Gasteiger partial charge < -0.3 is 0 Å². The quantitative estimate of drug-likeness (QED) is 0.352. The van der Waals surface area contributed by atoms with Gasteiger partial charge in [-0.1, -0.05) is 23.6 Å². The Bertz CT molecular complexity index is 561. The van der Waals surface area contributed by atoms with Crippen LogP contribution in [0.2, 0.25) is 0 Å². The molecule has 0 atom stereocenters. The summed E-state index contributed by atoms with van der Waals surface area (Å²) in [6.07, 6.45) is 5.27. The fourth-order valence-corrected chi connectivity index (χ4v) is 1.65. The van der Waals surface area contributed by atoms with E-state index in [-0.39, 0.29) is 17.1 Å². The monoisotopic (exact) mass is 286 g/mol. The first-order chi connectivity index (χ1) is 8.90. The molecule has 0 aliphatic heterocycles. The predicted octanol–water partition coefficient (Wildman–Crippen LogP) is 4.46. The number of benzene rings is 1. The van der Waals surface area contributed by atoms with E-state index in [4.69, 9.17) is 6.42 Å². The van der Waals surface area contributed by atoms with E-state index in [1.165, 1.54) is 11.1 Å². The molecule has 0 unspecified atom stereocenters. The van der Waals surface area contributed by atoms with Crippen LogP contribution in [0.3, 0.4) is 0 Å². The van der Waals surface area contributed by atoms with Gasteiger partial charge in [0.25, 0.3) is 0 Å². The minimum absolute atomic E-state index is 0. The molecule has 0 amide bonds. The Labute approximate surface area is 125 Å². The standard InChI is InChI=1S/C13H9.C5H5.Fe/c1-2-11-7-9-13(10-8-11)12-5-3-4-6-12;1-2-4-5-3-1;/h1,3-10H;1-5H;/q2*-1;+2. The number of hydrogen-bond acceptors (Lipinski definition) is 0. The summed E-state index contributed by atoms with van der Waals surface area (Å²) in [7, 11) is 0. The van der Waals surface area contributed by atoms with Crippen LogP contribution < -0.4 is 0 Å². The van der Waals surface area contributed by atoms with E-state index >= 15 is 0 Å². The zero-order valence-corrected chi connectivity index (χ0v) is 11.5. The van der Waals surface area contributed by atoms with Crippen LogP contribution in [0.15, 0.2) is 78.9 Å². The number of hydrogen-bond donors (Lipinski definition) is 0. The zero-order valence-electron chi connectivity index (χ0n) is 10.4. The molecular formula is C18H14Fe. The third-order valence-electron chi connectivity index (χ3n) is 2.60. The summed E-state index contributed by atoms with van der Waals surface area (Å²) >= 11 is 0. The molecule has 0 radical (unpaired) electrons. The molecule has 0 nitrogen and oxygen atoms in total. The second-order valence-corrected chi connectivity index (χ2v) is 3.86. The summed E-state index contributed by atoms with van der Waals surface area (Å²) in [5.41, 5.74) is 3.38. The summed E-state index contributed by atoms with van der Waals surface area (Å²) in [5.74, 6) is 2.60. The topological polar surface area (TPSA) is 0 Å². The molecular weight excluding hydrogens is 272 g/mol. The predicted molar refractivity (Wildman–Crippen MR) is 77.4 cm³/mol. The molecule has 0 saturated carbocycles. The van der Waals surface area contributed by atoms with Gasteiger partial charge in [-0.25, -0.2) is 12.1 Å². The van der Waals surface area contributed by atoms with E-state index in [1.54, 1.807) is 0 Å². The summed E-state index contributed by atoms with van der Waals surface area (Å²) < 4.78 is 0. The summed E-state index contributed by atoms with van der Waals surface area (Å²) in [6.45, 7) is 0. The van der Waals surface area contributed by atoms with E-state index in [2.05, 4.69) is 18.1 Å². The maximum absolute atomic E-state index is 5.27. The largest absolute Gasteiger partial charge is 2.00 e. The minimum Gasteiger partial charge on any atom is -0.214 e. The fraction of sp³-hybridized carbons (Fsp3) is 0. The van der Waals surface area contributed by atoms with Crippen molar-refractivity contribution in [1.82, 2.24) is 0 Å². The summed E-state index contributed by atoms with van der Waals surface area (Å²) in [4.78, 5) is 0. The van der Waals surface area contributed by atoms with Gasteiger partial charge in [-0.05, 0) is 0 Å². The first-order valence-corrected chi connectivity index (χ1v) is 5.85. The van der Waals surface area contributed by atoms with Crippen LogP contribution in [-0.4, -0.2) is 0 Å². The fourth-order valence-electron chi connectivity index (χ4n) is 1.65. The van der Waals surface area contributed by atoms with E-state index in [1.807, 2.05) is 66.7 Å². The van der Waals surface area contributed by atoms with Gasteiger partial charge >= 0.3 is 17.1 Å². The van der Waals surface area contributed by atoms with Crippen LogP contribution in [0.1, 0.15) is 5.56 Å². The molecule has 0 heterocycles. The number of terminal acetylenes is 1. The van der Waals surface area contributed by atoms with Crippen LogP contribution in [0.5, 0.6) is 0 Å². The molecule has 3 aromatic rings. The van der Waals surface area contributed by atoms with E-state index in [0.717, 1.165) is 5.56 Å². The molecule has 19 heavy (non-hydrogen) atoms. The van der Waals surface area contributed by atoms with Gasteiger partial charge in [0.1, 0.15) is 0 Å². The molecule has 0 saturated heterocycles. The second kappa shape index (κ2) is 8.16. The van der Waals surface area contributed by atoms with Crippen molar-refractivity contribution < 1.29 is 17.1 Å². The Morgan fingerprint density at radius 3 is 1.89 bits per heavy atom. The van der Waals surface area contributed by atoms with Crippen molar-refractivity contribution >= 4 is 0 Å². The molecule has 0 aliphatic rings. The van der Waals surface area contributed by atoms with Crippen molar-refractivity contribution in [2.75, 3.05) is 0 Å². The van der Waals surface area contributed by atoms with Crippen molar-refractivity contribution in [2.45, 2.75) is 0 Å². The normalized spacial score (nSPS) is 8.58. The van der Waals surface area contributed by atoms with Crippen molar-refractivity contribution in [3.8, 4) is 23.5 Å². The van der Waals surface area contributed by atoms with Crippen LogP contribution in [0, 0.1) is 12.3 Å². The van der Waals surface area contributed by atoms with Crippen LogP contribution >= 0.6 is 0 Å². The van der Waals surface area contributed by atoms with Crippen LogP contribution in [-0.2, 0) is 17.1 Å². The smallest absolute Gasteiger partial charge is 0.214 e. The van der Waals surface area contributed by atoms with Crippen molar-refractivity contribution in [2.24, 2.45) is 0 Å². The zero-order chi connectivity index (χ0) is 12.6. The van der Waals surface area contributed by atoms with Crippen molar-refractivity contribution in [3.05, 3.63) is 84.4 Å². The van der Waals surface area contributed by atoms with Gasteiger partial charge in [0, 0.05) is 5.56 Å². The molecule has 0 bridgehead atoms. The SMILES string of the molecule is C#Cc1ccc(-[c-]2cccc2)cc1.[Fe+2].c1cc[cH-]c1. The van der Waals surface area contributed by atoms with E-state index < -0.39 is 0 Å². The molecule has 0 spiro atoms. The molecule has 0 aromatic heterocycles. The molecule has 0 fully saturated rings. The van der Waals surface area contributed by atoms with Gasteiger partial charge in [-0.3, -0.25) is 0 Å². The van der Waals surface area contributed by atoms with Crippen molar-refractivity contribution in [3.63, 3.8) is 0 Å². The van der Waals surface area contributed by atoms with Gasteiger partial charge in [0.15, 0.2) is 0 Å². The Balaban J connectivity index is 0.000000256. The molecule has 0 aliphatic carbocycles. The van der Waals surface area contributed by atoms with Crippen LogP contribution in [0.4, 0.5) is 0 Å². The third kappa shape index (κ3) is 4.64. The summed E-state index contributed by atoms with van der Waals surface area (Å²) in [5, 5.41) is 0. The molecule has 3 aromatic carbocycles. The Morgan fingerprint density at radius 1 is 0.895 bits per heavy atom. The average Bonchev–Trinajstić information content (AvgIpc) is 3.14. The molecule has 1 heteroatoms. The van der Waals surface area contributed by atoms with Gasteiger partial charge in [0.2, 0.25) is 0 Å². The molecule has 0 N–H and O–H groups in total. The van der Waals surface area contributed by atoms with Gasteiger partial charge in [-0.2, -0.15) is 30.3 Å². The first-order valence-electron chi connectivity index (χ1n) is 5.85. The van der Waals surface area contributed by atoms with E-state index in [0.29, 0.717) is 0 Å². The molecule has 3 rings (SSSR count). The molecule has 94 valence electrons. The van der Waals surface area contributed by atoms with Crippen LogP contribution in [0.25, 0.3) is 11.1 Å². The average molecular weight is 286 g/mol. The maximum Gasteiger partial charge on any atom is 2.00 e. The van der Waals surface area contributed by atoms with Crippen molar-refractivity contribution in [1.29, 1.82) is 0 Å². The Hall–Kier alpha value is -2.00. The van der Waals surface area contributed by atoms with E-state index in [9.17, 15) is 0 Å².